The molecule has 2 N–H and O–H groups in total. The zero-order valence-electron chi connectivity index (χ0n) is 9.24. The van der Waals surface area contributed by atoms with Crippen molar-refractivity contribution in [3.63, 3.8) is 0 Å². The van der Waals surface area contributed by atoms with Crippen molar-refractivity contribution >= 4 is 0 Å². The van der Waals surface area contributed by atoms with Gasteiger partial charge in [0.05, 0.1) is 0 Å². The highest BCUT2D eigenvalue weighted by molar-refractivity contribution is 5.19. The summed E-state index contributed by atoms with van der Waals surface area (Å²) >= 11 is 0. The van der Waals surface area contributed by atoms with Gasteiger partial charge < -0.3 is 10.4 Å². The van der Waals surface area contributed by atoms with Gasteiger partial charge in [0, 0.05) is 19.2 Å². The molecule has 2 nitrogen and oxygen atoms in total. The van der Waals surface area contributed by atoms with Crippen molar-refractivity contribution in [3.05, 3.63) is 48.0 Å². The molecule has 0 fully saturated rings. The first-order valence-corrected chi connectivity index (χ1v) is 5.27. The molecule has 82 valence electrons. The van der Waals surface area contributed by atoms with Gasteiger partial charge in [0.15, 0.2) is 0 Å². The normalized spacial score (nSPS) is 12.4. The molecule has 0 radical (unpaired) electrons. The molecule has 0 aromatic heterocycles. The molecule has 0 aliphatic heterocycles. The molecule has 2 heteroatoms. The van der Waals surface area contributed by atoms with Crippen LogP contribution in [0.4, 0.5) is 0 Å². The lowest BCUT2D eigenvalue weighted by Crippen LogP contribution is -2.23. The first kappa shape index (κ1) is 12.0. The Morgan fingerprint density at radius 3 is 2.60 bits per heavy atom. The Kier molecular flexibility index (Phi) is 5.08. The maximum absolute atomic E-state index is 9.00. The van der Waals surface area contributed by atoms with Crippen LogP contribution in [0.3, 0.4) is 0 Å². The minimum atomic E-state index is 0.197. The summed E-state index contributed by atoms with van der Waals surface area (Å²) in [5.74, 6) is 0. The molecule has 0 heterocycles. The van der Waals surface area contributed by atoms with Gasteiger partial charge in [-0.1, -0.05) is 42.5 Å². The zero-order valence-corrected chi connectivity index (χ0v) is 9.24. The van der Waals surface area contributed by atoms with E-state index < -0.39 is 0 Å². The minimum absolute atomic E-state index is 0.197. The fourth-order valence-corrected chi connectivity index (χ4v) is 1.50. The van der Waals surface area contributed by atoms with Gasteiger partial charge in [-0.25, -0.2) is 0 Å². The molecule has 0 saturated carbocycles. The number of benzene rings is 1. The second-order valence-corrected chi connectivity index (χ2v) is 3.81. The summed E-state index contributed by atoms with van der Waals surface area (Å²) in [5.41, 5.74) is 2.32. The third-order valence-electron chi connectivity index (χ3n) is 2.27. The highest BCUT2D eigenvalue weighted by Gasteiger charge is 2.08. The first-order valence-electron chi connectivity index (χ1n) is 5.27. The minimum Gasteiger partial charge on any atom is -0.396 e. The van der Waals surface area contributed by atoms with Crippen LogP contribution in [0.2, 0.25) is 0 Å². The Bertz CT molecular complexity index is 295. The lowest BCUT2D eigenvalue weighted by Gasteiger charge is -2.18. The average Bonchev–Trinajstić information content (AvgIpc) is 2.25. The van der Waals surface area contributed by atoms with Gasteiger partial charge in [-0.05, 0) is 18.9 Å². The van der Waals surface area contributed by atoms with Crippen LogP contribution in [0.15, 0.2) is 42.5 Å². The maximum Gasteiger partial charge on any atom is 0.0449 e. The SMILES string of the molecule is C=C(C)CN[C@@H](CCO)c1ccccc1. The molecule has 1 aromatic carbocycles. The lowest BCUT2D eigenvalue weighted by molar-refractivity contribution is 0.267. The number of rotatable bonds is 6. The van der Waals surface area contributed by atoms with Crippen molar-refractivity contribution in [1.29, 1.82) is 0 Å². The summed E-state index contributed by atoms with van der Waals surface area (Å²) < 4.78 is 0. The fraction of sp³-hybridized carbons (Fsp3) is 0.385. The molecule has 0 aliphatic carbocycles. The second-order valence-electron chi connectivity index (χ2n) is 3.81. The van der Waals surface area contributed by atoms with Crippen LogP contribution < -0.4 is 5.32 Å². The first-order chi connectivity index (χ1) is 7.24. The van der Waals surface area contributed by atoms with E-state index in [1.54, 1.807) is 0 Å². The molecule has 1 atom stereocenters. The van der Waals surface area contributed by atoms with Crippen LogP contribution in [0.1, 0.15) is 24.9 Å². The summed E-state index contributed by atoms with van der Waals surface area (Å²) in [6.45, 7) is 6.84. The largest absolute Gasteiger partial charge is 0.396 e. The second kappa shape index (κ2) is 6.38. The lowest BCUT2D eigenvalue weighted by atomic mass is 10.0. The number of aliphatic hydroxyl groups excluding tert-OH is 1. The van der Waals surface area contributed by atoms with Crippen molar-refractivity contribution in [2.75, 3.05) is 13.2 Å². The van der Waals surface area contributed by atoms with Crippen molar-refractivity contribution < 1.29 is 5.11 Å². The zero-order chi connectivity index (χ0) is 11.1. The van der Waals surface area contributed by atoms with E-state index in [0.29, 0.717) is 0 Å². The Morgan fingerprint density at radius 1 is 1.40 bits per heavy atom. The van der Waals surface area contributed by atoms with Crippen LogP contribution in [-0.4, -0.2) is 18.3 Å². The summed E-state index contributed by atoms with van der Waals surface area (Å²) in [4.78, 5) is 0. The van der Waals surface area contributed by atoms with Gasteiger partial charge in [-0.3, -0.25) is 0 Å². The van der Waals surface area contributed by atoms with Crippen molar-refractivity contribution in [2.45, 2.75) is 19.4 Å². The van der Waals surface area contributed by atoms with Gasteiger partial charge in [0.1, 0.15) is 0 Å². The van der Waals surface area contributed by atoms with Crippen molar-refractivity contribution in [3.8, 4) is 0 Å². The summed E-state index contributed by atoms with van der Waals surface area (Å²) in [6, 6.07) is 10.4. The average molecular weight is 205 g/mol. The summed E-state index contributed by atoms with van der Waals surface area (Å²) in [5, 5.41) is 12.4. The molecule has 0 amide bonds. The molecule has 0 spiro atoms. The molecular formula is C13H19NO. The monoisotopic (exact) mass is 205 g/mol. The summed E-state index contributed by atoms with van der Waals surface area (Å²) in [6.07, 6.45) is 0.733. The topological polar surface area (TPSA) is 32.3 Å². The van der Waals surface area contributed by atoms with Gasteiger partial charge in [0.2, 0.25) is 0 Å². The van der Waals surface area contributed by atoms with E-state index in [-0.39, 0.29) is 12.6 Å². The molecule has 0 saturated heterocycles. The molecule has 1 aromatic rings. The number of hydrogen-bond acceptors (Lipinski definition) is 2. The van der Waals surface area contributed by atoms with Crippen molar-refractivity contribution in [1.82, 2.24) is 5.32 Å². The predicted octanol–water partition coefficient (Wildman–Crippen LogP) is 2.28. The van der Waals surface area contributed by atoms with Crippen LogP contribution in [-0.2, 0) is 0 Å². The standard InChI is InChI=1S/C13H19NO/c1-11(2)10-14-13(8-9-15)12-6-4-3-5-7-12/h3-7,13-15H,1,8-10H2,2H3/t13-/m0/s1. The van der Waals surface area contributed by atoms with Gasteiger partial charge >= 0.3 is 0 Å². The fourth-order valence-electron chi connectivity index (χ4n) is 1.50. The Hall–Kier alpha value is -1.12. The molecule has 0 bridgehead atoms. The smallest absolute Gasteiger partial charge is 0.0449 e. The Morgan fingerprint density at radius 2 is 2.07 bits per heavy atom. The quantitative estimate of drug-likeness (QED) is 0.698. The van der Waals surface area contributed by atoms with Gasteiger partial charge in [0.25, 0.3) is 0 Å². The van der Waals surface area contributed by atoms with Crippen LogP contribution in [0.25, 0.3) is 0 Å². The number of aliphatic hydroxyl groups is 1. The molecule has 0 aliphatic rings. The maximum atomic E-state index is 9.00. The van der Waals surface area contributed by atoms with E-state index >= 15 is 0 Å². The Labute approximate surface area is 91.6 Å². The predicted molar refractivity (Wildman–Crippen MR) is 63.7 cm³/mol. The molecule has 0 unspecified atom stereocenters. The number of nitrogens with one attached hydrogen (secondary N) is 1. The highest BCUT2D eigenvalue weighted by atomic mass is 16.3. The van der Waals surface area contributed by atoms with E-state index in [9.17, 15) is 0 Å². The Balaban J connectivity index is 2.61. The molecule has 15 heavy (non-hydrogen) atoms. The van der Waals surface area contributed by atoms with Crippen LogP contribution in [0, 0.1) is 0 Å². The van der Waals surface area contributed by atoms with Crippen LogP contribution in [0.5, 0.6) is 0 Å². The van der Waals surface area contributed by atoms with E-state index in [0.717, 1.165) is 18.5 Å². The third-order valence-corrected chi connectivity index (χ3v) is 2.27. The van der Waals surface area contributed by atoms with E-state index in [1.165, 1.54) is 5.56 Å². The van der Waals surface area contributed by atoms with Crippen LogP contribution >= 0.6 is 0 Å². The third kappa shape index (κ3) is 4.28. The van der Waals surface area contributed by atoms with E-state index in [4.69, 9.17) is 5.11 Å². The van der Waals surface area contributed by atoms with Crippen molar-refractivity contribution in [2.24, 2.45) is 0 Å². The van der Waals surface area contributed by atoms with E-state index in [2.05, 4.69) is 24.0 Å². The number of hydrogen-bond donors (Lipinski definition) is 2. The molecule has 1 rings (SSSR count). The summed E-state index contributed by atoms with van der Waals surface area (Å²) in [7, 11) is 0. The molecular weight excluding hydrogens is 186 g/mol. The van der Waals surface area contributed by atoms with E-state index in [1.807, 2.05) is 25.1 Å². The van der Waals surface area contributed by atoms with Gasteiger partial charge in [-0.15, -0.1) is 0 Å². The highest BCUT2D eigenvalue weighted by Crippen LogP contribution is 2.15. The van der Waals surface area contributed by atoms with Gasteiger partial charge in [-0.2, -0.15) is 0 Å².